The average Bonchev–Trinajstić information content (AvgIpc) is 3.23. The first-order valence-corrected chi connectivity index (χ1v) is 11.9. The predicted molar refractivity (Wildman–Crippen MR) is 142 cm³/mol. The number of aromatic nitrogens is 3. The molecule has 2 aliphatic rings. The molecule has 4 heterocycles. The van der Waals surface area contributed by atoms with E-state index < -0.39 is 0 Å². The summed E-state index contributed by atoms with van der Waals surface area (Å²) in [6.07, 6.45) is 6.92. The van der Waals surface area contributed by atoms with Crippen molar-refractivity contribution in [2.24, 2.45) is 16.6 Å². The molecule has 35 heavy (non-hydrogen) atoms. The van der Waals surface area contributed by atoms with E-state index in [0.29, 0.717) is 28.8 Å². The lowest BCUT2D eigenvalue weighted by molar-refractivity contribution is 0.480. The first-order chi connectivity index (χ1) is 17.0. The third-order valence-corrected chi connectivity index (χ3v) is 6.01. The van der Waals surface area contributed by atoms with Crippen molar-refractivity contribution in [3.05, 3.63) is 41.7 Å². The summed E-state index contributed by atoms with van der Waals surface area (Å²) < 4.78 is 14.4. The maximum absolute atomic E-state index is 14.4. The van der Waals surface area contributed by atoms with E-state index in [9.17, 15) is 4.39 Å². The third-order valence-electron chi connectivity index (χ3n) is 6.01. The molecular formula is C24H33FN10. The SMILES string of the molecule is C/C=C1/N=CC(Nc2nc(N3CCC(N)CC3)c3c(n2)[nH]c2c(NC)cc(F)cc23)=CN1N.CC. The van der Waals surface area contributed by atoms with Crippen LogP contribution in [0.5, 0.6) is 0 Å². The van der Waals surface area contributed by atoms with Crippen LogP contribution in [0.1, 0.15) is 33.6 Å². The number of nitrogens with two attached hydrogens (primary N) is 2. The Bertz CT molecular complexity index is 1300. The van der Waals surface area contributed by atoms with Gasteiger partial charge in [-0.05, 0) is 38.0 Å². The Balaban J connectivity index is 0.00000141. The van der Waals surface area contributed by atoms with Crippen LogP contribution in [0.3, 0.4) is 0 Å². The zero-order chi connectivity index (χ0) is 25.1. The summed E-state index contributed by atoms with van der Waals surface area (Å²) in [5.74, 6) is 7.44. The molecule has 5 rings (SSSR count). The first-order valence-electron chi connectivity index (χ1n) is 11.9. The largest absolute Gasteiger partial charge is 0.386 e. The number of hydrogen-bond acceptors (Lipinski definition) is 9. The molecule has 0 unspecified atom stereocenters. The minimum absolute atomic E-state index is 0.174. The Hall–Kier alpha value is -3.70. The summed E-state index contributed by atoms with van der Waals surface area (Å²) in [6, 6.07) is 3.15. The highest BCUT2D eigenvalue weighted by atomic mass is 19.1. The van der Waals surface area contributed by atoms with Gasteiger partial charge in [0.05, 0.1) is 28.5 Å². The van der Waals surface area contributed by atoms with Gasteiger partial charge >= 0.3 is 0 Å². The molecule has 1 saturated heterocycles. The highest BCUT2D eigenvalue weighted by Gasteiger charge is 2.24. The van der Waals surface area contributed by atoms with Crippen LogP contribution in [0, 0.1) is 5.82 Å². The van der Waals surface area contributed by atoms with E-state index in [2.05, 4.69) is 25.5 Å². The predicted octanol–water partition coefficient (Wildman–Crippen LogP) is 3.62. The van der Waals surface area contributed by atoms with E-state index in [1.54, 1.807) is 19.5 Å². The molecule has 2 aliphatic heterocycles. The molecule has 0 spiro atoms. The van der Waals surface area contributed by atoms with Gasteiger partial charge in [-0.2, -0.15) is 9.97 Å². The number of hydrogen-bond donors (Lipinski definition) is 5. The fourth-order valence-electron chi connectivity index (χ4n) is 4.31. The van der Waals surface area contributed by atoms with E-state index in [4.69, 9.17) is 21.5 Å². The van der Waals surface area contributed by atoms with Crippen molar-refractivity contribution < 1.29 is 4.39 Å². The van der Waals surface area contributed by atoms with Crippen LogP contribution >= 0.6 is 0 Å². The van der Waals surface area contributed by atoms with Crippen molar-refractivity contribution >= 4 is 45.6 Å². The van der Waals surface area contributed by atoms with Crippen LogP contribution in [0.15, 0.2) is 40.9 Å². The first kappa shape index (κ1) is 24.4. The molecule has 11 heteroatoms. The van der Waals surface area contributed by atoms with Gasteiger partial charge in [0.2, 0.25) is 5.95 Å². The van der Waals surface area contributed by atoms with Crippen LogP contribution in [0.2, 0.25) is 0 Å². The number of piperidine rings is 1. The van der Waals surface area contributed by atoms with Gasteiger partial charge in [0, 0.05) is 37.8 Å². The number of nitrogens with one attached hydrogen (secondary N) is 3. The summed E-state index contributed by atoms with van der Waals surface area (Å²) in [5.41, 5.74) is 8.82. The number of halogens is 1. The monoisotopic (exact) mass is 480 g/mol. The third kappa shape index (κ3) is 4.77. The lowest BCUT2D eigenvalue weighted by Crippen LogP contribution is -2.40. The van der Waals surface area contributed by atoms with Gasteiger partial charge in [-0.15, -0.1) is 0 Å². The molecule has 186 valence electrons. The summed E-state index contributed by atoms with van der Waals surface area (Å²) in [6.45, 7) is 7.39. The second kappa shape index (κ2) is 10.3. The van der Waals surface area contributed by atoms with Gasteiger partial charge < -0.3 is 26.3 Å². The highest BCUT2D eigenvalue weighted by molar-refractivity contribution is 6.14. The van der Waals surface area contributed by atoms with Gasteiger partial charge in [-0.25, -0.2) is 15.2 Å². The molecule has 0 atom stereocenters. The van der Waals surface area contributed by atoms with Gasteiger partial charge in [-0.3, -0.25) is 5.01 Å². The van der Waals surface area contributed by atoms with Crippen LogP contribution < -0.4 is 27.1 Å². The Morgan fingerprint density at radius 1 is 1.20 bits per heavy atom. The Labute approximate surface area is 203 Å². The number of nitrogens with zero attached hydrogens (tertiary/aromatic N) is 5. The molecule has 0 saturated carbocycles. The maximum Gasteiger partial charge on any atom is 0.231 e. The van der Waals surface area contributed by atoms with Crippen molar-refractivity contribution in [1.82, 2.24) is 20.0 Å². The van der Waals surface area contributed by atoms with E-state index in [-0.39, 0.29) is 11.9 Å². The second-order valence-electron chi connectivity index (χ2n) is 8.19. The lowest BCUT2D eigenvalue weighted by atomic mass is 10.1. The Morgan fingerprint density at radius 2 is 1.94 bits per heavy atom. The fourth-order valence-corrected chi connectivity index (χ4v) is 4.31. The second-order valence-corrected chi connectivity index (χ2v) is 8.19. The van der Waals surface area contributed by atoms with Gasteiger partial charge in [0.1, 0.15) is 23.1 Å². The lowest BCUT2D eigenvalue weighted by Gasteiger charge is -2.31. The van der Waals surface area contributed by atoms with Crippen molar-refractivity contribution in [3.8, 4) is 0 Å². The highest BCUT2D eigenvalue weighted by Crippen LogP contribution is 2.37. The minimum Gasteiger partial charge on any atom is -0.386 e. The fraction of sp³-hybridized carbons (Fsp3) is 0.375. The molecule has 0 bridgehead atoms. The molecule has 1 fully saturated rings. The van der Waals surface area contributed by atoms with Crippen molar-refractivity contribution in [3.63, 3.8) is 0 Å². The van der Waals surface area contributed by atoms with Gasteiger partial charge in [-0.1, -0.05) is 13.8 Å². The quantitative estimate of drug-likeness (QED) is 0.357. The summed E-state index contributed by atoms with van der Waals surface area (Å²) in [4.78, 5) is 19.4. The average molecular weight is 481 g/mol. The smallest absolute Gasteiger partial charge is 0.231 e. The molecule has 1 aromatic carbocycles. The molecule has 2 aromatic heterocycles. The Kier molecular flexibility index (Phi) is 7.17. The van der Waals surface area contributed by atoms with E-state index in [0.717, 1.165) is 48.0 Å². The summed E-state index contributed by atoms with van der Waals surface area (Å²) in [7, 11) is 1.76. The van der Waals surface area contributed by atoms with E-state index in [1.165, 1.54) is 17.1 Å². The number of rotatable bonds is 4. The normalized spacial score (nSPS) is 17.6. The topological polar surface area (TPSA) is 137 Å². The molecular weight excluding hydrogens is 447 g/mol. The van der Waals surface area contributed by atoms with Crippen LogP contribution in [-0.4, -0.2) is 52.4 Å². The molecule has 0 aliphatic carbocycles. The van der Waals surface area contributed by atoms with Crippen LogP contribution in [0.25, 0.3) is 21.9 Å². The van der Waals surface area contributed by atoms with Gasteiger partial charge in [0.15, 0.2) is 0 Å². The number of aliphatic imine (C=N–C) groups is 1. The van der Waals surface area contributed by atoms with Crippen molar-refractivity contribution in [1.29, 1.82) is 0 Å². The van der Waals surface area contributed by atoms with Crippen molar-refractivity contribution in [2.45, 2.75) is 39.7 Å². The number of H-pyrrole nitrogens is 1. The summed E-state index contributed by atoms with van der Waals surface area (Å²) in [5, 5.41) is 9.20. The standard InChI is InChI=1S/C22H27FN10.C2H6/c1-3-17-27-10-14(11-33(17)25)28-22-30-20-18(21(31-22)32-6-4-13(24)5-7-32)15-8-12(23)9-16(26-2)19(15)29-20;1-2/h3,8-11,13,26H,4-7,24-25H2,1-2H3,(H2,28,29,30,31);1-2H3/b17-3-;. The van der Waals surface area contributed by atoms with Gasteiger partial charge in [0.25, 0.3) is 0 Å². The number of aromatic amines is 1. The number of hydrazine groups is 1. The zero-order valence-corrected chi connectivity index (χ0v) is 20.6. The van der Waals surface area contributed by atoms with Crippen LogP contribution in [-0.2, 0) is 0 Å². The Morgan fingerprint density at radius 3 is 2.60 bits per heavy atom. The molecule has 0 amide bonds. The number of fused-ring (bicyclic) bond motifs is 3. The van der Waals surface area contributed by atoms with E-state index in [1.807, 2.05) is 26.8 Å². The molecule has 3 aromatic rings. The molecule has 0 radical (unpaired) electrons. The van der Waals surface area contributed by atoms with E-state index >= 15 is 0 Å². The summed E-state index contributed by atoms with van der Waals surface area (Å²) >= 11 is 0. The molecule has 7 N–H and O–H groups in total. The van der Waals surface area contributed by atoms with Crippen LogP contribution in [0.4, 0.5) is 21.8 Å². The number of benzene rings is 1. The maximum atomic E-state index is 14.4. The zero-order valence-electron chi connectivity index (χ0n) is 20.6. The molecule has 10 nitrogen and oxygen atoms in total. The minimum atomic E-state index is -0.326. The number of allylic oxidation sites excluding steroid dienone is 2. The number of anilines is 3. The van der Waals surface area contributed by atoms with Crippen molar-refractivity contribution in [2.75, 3.05) is 35.7 Å².